The van der Waals surface area contributed by atoms with Gasteiger partial charge in [0.25, 0.3) is 0 Å². The van der Waals surface area contributed by atoms with Gasteiger partial charge in [-0.3, -0.25) is 9.89 Å². The number of ether oxygens (including phenoxy) is 1. The summed E-state index contributed by atoms with van der Waals surface area (Å²) in [6.07, 6.45) is 0. The Morgan fingerprint density at radius 3 is 2.76 bits per heavy atom. The second-order valence-electron chi connectivity index (χ2n) is 6.26. The van der Waals surface area contributed by atoms with Gasteiger partial charge in [0.05, 0.1) is 17.7 Å². The molecule has 0 saturated carbocycles. The van der Waals surface area contributed by atoms with Crippen LogP contribution in [0.25, 0.3) is 10.9 Å². The zero-order valence-corrected chi connectivity index (χ0v) is 14.3. The molecule has 0 aliphatic heterocycles. The van der Waals surface area contributed by atoms with Crippen LogP contribution in [0.5, 0.6) is 0 Å². The van der Waals surface area contributed by atoms with Crippen molar-refractivity contribution in [1.82, 2.24) is 15.5 Å². The van der Waals surface area contributed by atoms with Crippen LogP contribution < -0.4 is 11.1 Å². The van der Waals surface area contributed by atoms with Crippen molar-refractivity contribution in [3.8, 4) is 0 Å². The number of fused-ring (bicyclic) bond motifs is 1. The standard InChI is InChI=1S/C16H21N5O4/c1-16(2,3)24-9-13(22)18-8-12(17)21-25-15(23)14-10-6-4-5-7-11(10)19-20-14/h4-7H,8-9H2,1-3H3,(H2,17,21)(H,18,22)(H,19,20). The van der Waals surface area contributed by atoms with Crippen LogP contribution >= 0.6 is 0 Å². The predicted molar refractivity (Wildman–Crippen MR) is 91.8 cm³/mol. The number of nitrogens with one attached hydrogen (secondary N) is 2. The van der Waals surface area contributed by atoms with Crippen molar-refractivity contribution in [3.63, 3.8) is 0 Å². The third-order valence-electron chi connectivity index (χ3n) is 3.01. The maximum Gasteiger partial charge on any atom is 0.386 e. The average Bonchev–Trinajstić information content (AvgIpc) is 2.99. The SMILES string of the molecule is CC(C)(C)OCC(=O)NCC(N)=NOC(=O)c1n[nH]c2ccccc12. The van der Waals surface area contributed by atoms with Gasteiger partial charge in [0.2, 0.25) is 5.91 Å². The highest BCUT2D eigenvalue weighted by molar-refractivity contribution is 6.02. The van der Waals surface area contributed by atoms with Crippen molar-refractivity contribution in [2.45, 2.75) is 26.4 Å². The molecule has 0 aliphatic rings. The number of H-pyrrole nitrogens is 1. The van der Waals surface area contributed by atoms with Crippen LogP contribution in [0.4, 0.5) is 0 Å². The van der Waals surface area contributed by atoms with Gasteiger partial charge < -0.3 is 20.6 Å². The summed E-state index contributed by atoms with van der Waals surface area (Å²) in [6, 6.07) is 7.11. The van der Waals surface area contributed by atoms with E-state index < -0.39 is 11.6 Å². The lowest BCUT2D eigenvalue weighted by Crippen LogP contribution is -2.37. The van der Waals surface area contributed by atoms with Gasteiger partial charge in [0, 0.05) is 5.39 Å². The summed E-state index contributed by atoms with van der Waals surface area (Å²) in [6.45, 7) is 5.35. The van der Waals surface area contributed by atoms with Gasteiger partial charge in [-0.2, -0.15) is 5.10 Å². The number of hydrogen-bond acceptors (Lipinski definition) is 6. The molecule has 0 spiro atoms. The largest absolute Gasteiger partial charge is 0.386 e. The molecule has 0 fully saturated rings. The van der Waals surface area contributed by atoms with E-state index in [-0.39, 0.29) is 30.6 Å². The lowest BCUT2D eigenvalue weighted by Gasteiger charge is -2.18. The third kappa shape index (κ3) is 5.57. The minimum Gasteiger partial charge on any atom is -0.383 e. The number of rotatable bonds is 6. The zero-order chi connectivity index (χ0) is 18.4. The molecular formula is C16H21N5O4. The molecule has 25 heavy (non-hydrogen) atoms. The Kier molecular flexibility index (Phi) is 5.71. The van der Waals surface area contributed by atoms with Crippen molar-refractivity contribution in [3.05, 3.63) is 30.0 Å². The minimum atomic E-state index is -0.747. The quantitative estimate of drug-likeness (QED) is 0.308. The Morgan fingerprint density at radius 2 is 2.04 bits per heavy atom. The number of carbonyl (C=O) groups excluding carboxylic acids is 2. The first-order valence-corrected chi connectivity index (χ1v) is 7.64. The molecule has 1 aromatic heterocycles. The summed E-state index contributed by atoms with van der Waals surface area (Å²) in [4.78, 5) is 28.4. The summed E-state index contributed by atoms with van der Waals surface area (Å²) < 4.78 is 5.32. The molecule has 9 nitrogen and oxygen atoms in total. The maximum absolute atomic E-state index is 12.0. The number of amidine groups is 1. The highest BCUT2D eigenvalue weighted by Gasteiger charge is 2.16. The predicted octanol–water partition coefficient (Wildman–Crippen LogP) is 0.923. The fraction of sp³-hybridized carbons (Fsp3) is 0.375. The lowest BCUT2D eigenvalue weighted by molar-refractivity contribution is -0.130. The molecule has 2 aromatic rings. The van der Waals surface area contributed by atoms with E-state index in [1.54, 1.807) is 18.2 Å². The molecule has 9 heteroatoms. The second kappa shape index (κ2) is 7.75. The Balaban J connectivity index is 1.84. The second-order valence-corrected chi connectivity index (χ2v) is 6.26. The Bertz CT molecular complexity index is 791. The molecule has 1 aromatic carbocycles. The molecule has 4 N–H and O–H groups in total. The minimum absolute atomic E-state index is 0.0581. The normalized spacial score (nSPS) is 12.2. The molecule has 0 saturated heterocycles. The Hall–Kier alpha value is -2.94. The number of para-hydroxylation sites is 1. The number of nitrogens with zero attached hydrogens (tertiary/aromatic N) is 2. The van der Waals surface area contributed by atoms with Gasteiger partial charge in [-0.1, -0.05) is 23.4 Å². The first-order chi connectivity index (χ1) is 11.8. The first-order valence-electron chi connectivity index (χ1n) is 7.64. The van der Waals surface area contributed by atoms with Gasteiger partial charge in [-0.05, 0) is 26.8 Å². The zero-order valence-electron chi connectivity index (χ0n) is 14.3. The van der Waals surface area contributed by atoms with E-state index in [4.69, 9.17) is 15.3 Å². The molecule has 2 rings (SSSR count). The van der Waals surface area contributed by atoms with Crippen molar-refractivity contribution >= 4 is 28.6 Å². The molecule has 1 heterocycles. The Morgan fingerprint density at radius 1 is 1.32 bits per heavy atom. The van der Waals surface area contributed by atoms with E-state index in [0.29, 0.717) is 10.9 Å². The molecule has 0 atom stereocenters. The lowest BCUT2D eigenvalue weighted by atomic mass is 10.2. The van der Waals surface area contributed by atoms with E-state index in [2.05, 4.69) is 20.7 Å². The summed E-state index contributed by atoms with van der Waals surface area (Å²) in [5, 5.41) is 13.3. The number of carbonyl (C=O) groups is 2. The van der Waals surface area contributed by atoms with Crippen LogP contribution in [0, 0.1) is 0 Å². The highest BCUT2D eigenvalue weighted by Crippen LogP contribution is 2.15. The number of aromatic amines is 1. The van der Waals surface area contributed by atoms with Gasteiger partial charge in [0.15, 0.2) is 11.5 Å². The Labute approximate surface area is 144 Å². The van der Waals surface area contributed by atoms with E-state index in [0.717, 1.165) is 0 Å². The third-order valence-corrected chi connectivity index (χ3v) is 3.01. The van der Waals surface area contributed by atoms with Crippen molar-refractivity contribution < 1.29 is 19.2 Å². The molecule has 0 aliphatic carbocycles. The topological polar surface area (TPSA) is 132 Å². The number of hydrogen-bond donors (Lipinski definition) is 3. The van der Waals surface area contributed by atoms with E-state index in [9.17, 15) is 9.59 Å². The number of oxime groups is 1. The number of amides is 1. The van der Waals surface area contributed by atoms with Crippen LogP contribution in [0.15, 0.2) is 29.4 Å². The molecule has 1 amide bonds. The number of benzene rings is 1. The smallest absolute Gasteiger partial charge is 0.383 e. The first kappa shape index (κ1) is 18.4. The van der Waals surface area contributed by atoms with Gasteiger partial charge in [-0.15, -0.1) is 0 Å². The van der Waals surface area contributed by atoms with Gasteiger partial charge in [-0.25, -0.2) is 4.79 Å². The van der Waals surface area contributed by atoms with E-state index in [1.807, 2.05) is 26.8 Å². The molecular weight excluding hydrogens is 326 g/mol. The number of nitrogens with two attached hydrogens (primary N) is 1. The van der Waals surface area contributed by atoms with Crippen molar-refractivity contribution in [2.75, 3.05) is 13.2 Å². The average molecular weight is 347 g/mol. The summed E-state index contributed by atoms with van der Waals surface area (Å²) >= 11 is 0. The molecule has 134 valence electrons. The fourth-order valence-electron chi connectivity index (χ4n) is 1.82. The van der Waals surface area contributed by atoms with Crippen molar-refractivity contribution in [1.29, 1.82) is 0 Å². The number of aromatic nitrogens is 2. The molecule has 0 radical (unpaired) electrons. The maximum atomic E-state index is 12.0. The van der Waals surface area contributed by atoms with Gasteiger partial charge >= 0.3 is 5.97 Å². The fourth-order valence-corrected chi connectivity index (χ4v) is 1.82. The van der Waals surface area contributed by atoms with E-state index >= 15 is 0 Å². The molecule has 0 bridgehead atoms. The van der Waals surface area contributed by atoms with Crippen LogP contribution in [0.3, 0.4) is 0 Å². The highest BCUT2D eigenvalue weighted by atomic mass is 16.7. The molecule has 0 unspecified atom stereocenters. The van der Waals surface area contributed by atoms with Crippen LogP contribution in [0.1, 0.15) is 31.3 Å². The summed E-state index contributed by atoms with van der Waals surface area (Å²) in [5.41, 5.74) is 6.00. The van der Waals surface area contributed by atoms with Crippen LogP contribution in [-0.2, 0) is 14.4 Å². The summed E-state index contributed by atoms with van der Waals surface area (Å²) in [7, 11) is 0. The van der Waals surface area contributed by atoms with Crippen LogP contribution in [0.2, 0.25) is 0 Å². The van der Waals surface area contributed by atoms with Gasteiger partial charge in [0.1, 0.15) is 6.61 Å². The monoisotopic (exact) mass is 347 g/mol. The van der Waals surface area contributed by atoms with Crippen LogP contribution in [-0.4, -0.2) is 46.7 Å². The summed E-state index contributed by atoms with van der Waals surface area (Å²) in [5.74, 6) is -1.15. The van der Waals surface area contributed by atoms with Crippen molar-refractivity contribution in [2.24, 2.45) is 10.9 Å². The van der Waals surface area contributed by atoms with E-state index in [1.165, 1.54) is 0 Å².